The lowest BCUT2D eigenvalue weighted by Gasteiger charge is -2.06. The van der Waals surface area contributed by atoms with Crippen LogP contribution in [0.5, 0.6) is 0 Å². The molecule has 0 spiro atoms. The van der Waals surface area contributed by atoms with Gasteiger partial charge in [0.25, 0.3) is 0 Å². The number of amides is 1. The molecule has 1 aromatic carbocycles. The third kappa shape index (κ3) is 6.06. The van der Waals surface area contributed by atoms with Crippen molar-refractivity contribution >= 4 is 43.2 Å². The number of carbonyl (C=O) groups excluding carboxylic acids is 1. The summed E-state index contributed by atoms with van der Waals surface area (Å²) in [6.07, 6.45) is 0.356. The van der Waals surface area contributed by atoms with E-state index in [0.717, 1.165) is 14.2 Å². The molecule has 23 heavy (non-hydrogen) atoms. The molecule has 0 aliphatic heterocycles. The molecule has 5 nitrogen and oxygen atoms in total. The Morgan fingerprint density at radius 1 is 1.13 bits per heavy atom. The molecule has 0 fully saturated rings. The van der Waals surface area contributed by atoms with Gasteiger partial charge in [-0.3, -0.25) is 4.79 Å². The number of benzene rings is 1. The molecule has 2 aromatic rings. The molecule has 0 saturated carbocycles. The highest BCUT2D eigenvalue weighted by Gasteiger charge is 2.09. The van der Waals surface area contributed by atoms with Crippen LogP contribution in [-0.2, 0) is 33.5 Å². The van der Waals surface area contributed by atoms with Crippen LogP contribution in [-0.4, -0.2) is 21.4 Å². The first kappa shape index (κ1) is 18.1. The molecule has 0 saturated heterocycles. The van der Waals surface area contributed by atoms with Crippen LogP contribution in [0.1, 0.15) is 16.0 Å². The van der Waals surface area contributed by atoms with E-state index in [2.05, 4.69) is 26.0 Å². The molecule has 0 unspecified atom stereocenters. The Balaban J connectivity index is 1.85. The van der Waals surface area contributed by atoms with Gasteiger partial charge in [0.15, 0.2) is 0 Å². The third-order valence-electron chi connectivity index (χ3n) is 3.14. The molecule has 0 aliphatic carbocycles. The summed E-state index contributed by atoms with van der Waals surface area (Å²) in [6.45, 7) is 0.421. The Bertz CT molecular complexity index is 770. The van der Waals surface area contributed by atoms with Crippen LogP contribution in [0.25, 0.3) is 0 Å². The monoisotopic (exact) mass is 416 g/mol. The zero-order chi connectivity index (χ0) is 16.9. The lowest BCUT2D eigenvalue weighted by molar-refractivity contribution is -0.120. The van der Waals surface area contributed by atoms with E-state index < -0.39 is 10.0 Å². The molecule has 0 radical (unpaired) electrons. The molecule has 1 aromatic heterocycles. The quantitative estimate of drug-likeness (QED) is 0.727. The zero-order valence-electron chi connectivity index (χ0n) is 12.5. The number of hydrogen-bond donors (Lipinski definition) is 2. The van der Waals surface area contributed by atoms with Gasteiger partial charge in [-0.15, -0.1) is 11.3 Å². The van der Waals surface area contributed by atoms with E-state index in [4.69, 9.17) is 0 Å². The van der Waals surface area contributed by atoms with Gasteiger partial charge in [-0.1, -0.05) is 24.3 Å². The summed E-state index contributed by atoms with van der Waals surface area (Å²) in [5.74, 6) is -0.0928. The molecule has 0 aliphatic rings. The van der Waals surface area contributed by atoms with Crippen molar-refractivity contribution in [3.05, 3.63) is 56.2 Å². The zero-order valence-corrected chi connectivity index (χ0v) is 15.7. The Kier molecular flexibility index (Phi) is 6.34. The average Bonchev–Trinajstić information content (AvgIpc) is 2.91. The van der Waals surface area contributed by atoms with Crippen LogP contribution >= 0.6 is 27.3 Å². The Morgan fingerprint density at radius 3 is 2.35 bits per heavy atom. The van der Waals surface area contributed by atoms with E-state index in [1.165, 1.54) is 7.05 Å². The number of hydrogen-bond acceptors (Lipinski definition) is 4. The number of nitrogens with one attached hydrogen (secondary N) is 2. The van der Waals surface area contributed by atoms with E-state index in [-0.39, 0.29) is 11.7 Å². The van der Waals surface area contributed by atoms with Gasteiger partial charge in [0, 0.05) is 11.4 Å². The van der Waals surface area contributed by atoms with Crippen LogP contribution in [0.15, 0.2) is 40.2 Å². The van der Waals surface area contributed by atoms with E-state index >= 15 is 0 Å². The van der Waals surface area contributed by atoms with Gasteiger partial charge in [0.1, 0.15) is 0 Å². The van der Waals surface area contributed by atoms with Gasteiger partial charge < -0.3 is 5.32 Å². The molecule has 0 bridgehead atoms. The first-order valence-corrected chi connectivity index (χ1v) is 10.1. The maximum absolute atomic E-state index is 11.9. The molecule has 2 N–H and O–H groups in total. The molecule has 2 rings (SSSR count). The van der Waals surface area contributed by atoms with Gasteiger partial charge in [0.2, 0.25) is 15.9 Å². The minimum absolute atomic E-state index is 0.0406. The minimum Gasteiger partial charge on any atom is -0.352 e. The first-order chi connectivity index (χ1) is 10.9. The molecule has 8 heteroatoms. The second-order valence-corrected chi connectivity index (χ2v) is 9.41. The van der Waals surface area contributed by atoms with E-state index in [0.29, 0.717) is 18.5 Å². The van der Waals surface area contributed by atoms with Crippen LogP contribution < -0.4 is 10.0 Å². The van der Waals surface area contributed by atoms with Crippen molar-refractivity contribution in [1.82, 2.24) is 10.0 Å². The van der Waals surface area contributed by atoms with Crippen molar-refractivity contribution in [2.24, 2.45) is 0 Å². The fourth-order valence-corrected chi connectivity index (χ4v) is 4.17. The predicted octanol–water partition coefficient (Wildman–Crippen LogP) is 2.42. The second-order valence-electron chi connectivity index (χ2n) is 4.94. The fourth-order valence-electron chi connectivity index (χ4n) is 1.91. The number of rotatable bonds is 7. The molecule has 1 amide bonds. The third-order valence-corrected chi connectivity index (χ3v) is 6.10. The Hall–Kier alpha value is -1.22. The second kappa shape index (κ2) is 8.05. The predicted molar refractivity (Wildman–Crippen MR) is 95.7 cm³/mol. The summed E-state index contributed by atoms with van der Waals surface area (Å²) in [5.41, 5.74) is 1.63. The summed E-state index contributed by atoms with van der Waals surface area (Å²) in [6, 6.07) is 11.0. The molecular weight excluding hydrogens is 400 g/mol. The highest BCUT2D eigenvalue weighted by molar-refractivity contribution is 9.11. The van der Waals surface area contributed by atoms with Crippen molar-refractivity contribution in [2.45, 2.75) is 18.7 Å². The normalized spacial score (nSPS) is 11.4. The van der Waals surface area contributed by atoms with Crippen LogP contribution in [0, 0.1) is 0 Å². The van der Waals surface area contributed by atoms with E-state index in [1.54, 1.807) is 23.5 Å². The van der Waals surface area contributed by atoms with Crippen LogP contribution in [0.4, 0.5) is 0 Å². The largest absolute Gasteiger partial charge is 0.352 e. The highest BCUT2D eigenvalue weighted by atomic mass is 79.9. The summed E-state index contributed by atoms with van der Waals surface area (Å²) < 4.78 is 26.2. The molecule has 1 heterocycles. The molecule has 0 atom stereocenters. The van der Waals surface area contributed by atoms with Crippen molar-refractivity contribution in [2.75, 3.05) is 7.05 Å². The lowest BCUT2D eigenvalue weighted by atomic mass is 10.1. The first-order valence-electron chi connectivity index (χ1n) is 6.88. The summed E-state index contributed by atoms with van der Waals surface area (Å²) >= 11 is 4.91. The topological polar surface area (TPSA) is 75.3 Å². The summed E-state index contributed by atoms with van der Waals surface area (Å²) in [4.78, 5) is 12.9. The number of carbonyl (C=O) groups is 1. The van der Waals surface area contributed by atoms with Crippen molar-refractivity contribution in [1.29, 1.82) is 0 Å². The number of halogens is 1. The SMILES string of the molecule is CNS(=O)(=O)Cc1ccc(CNC(=O)Cc2ccc(Br)s2)cc1. The maximum atomic E-state index is 11.9. The minimum atomic E-state index is -3.27. The highest BCUT2D eigenvalue weighted by Crippen LogP contribution is 2.22. The average molecular weight is 417 g/mol. The van der Waals surface area contributed by atoms with Gasteiger partial charge in [-0.25, -0.2) is 13.1 Å². The Labute approximate surface area is 148 Å². The lowest BCUT2D eigenvalue weighted by Crippen LogP contribution is -2.24. The van der Waals surface area contributed by atoms with E-state index in [9.17, 15) is 13.2 Å². The number of sulfonamides is 1. The Morgan fingerprint density at radius 2 is 1.78 bits per heavy atom. The molecular formula is C15H17BrN2O3S2. The fraction of sp³-hybridized carbons (Fsp3) is 0.267. The van der Waals surface area contributed by atoms with Crippen molar-refractivity contribution in [3.8, 4) is 0 Å². The summed E-state index contributed by atoms with van der Waals surface area (Å²) in [7, 11) is -1.87. The van der Waals surface area contributed by atoms with Crippen LogP contribution in [0.2, 0.25) is 0 Å². The van der Waals surface area contributed by atoms with Gasteiger partial charge in [0.05, 0.1) is 16.0 Å². The maximum Gasteiger partial charge on any atom is 0.225 e. The van der Waals surface area contributed by atoms with Gasteiger partial charge in [-0.2, -0.15) is 0 Å². The van der Waals surface area contributed by atoms with Crippen molar-refractivity contribution in [3.63, 3.8) is 0 Å². The number of thiophene rings is 1. The van der Waals surface area contributed by atoms with Gasteiger partial charge in [-0.05, 0) is 46.2 Å². The van der Waals surface area contributed by atoms with Crippen LogP contribution in [0.3, 0.4) is 0 Å². The standard InChI is InChI=1S/C15H17BrN2O3S2/c1-17-23(20,21)10-12-4-2-11(3-5-12)9-18-15(19)8-13-6-7-14(16)22-13/h2-7,17H,8-10H2,1H3,(H,18,19). The van der Waals surface area contributed by atoms with Crippen molar-refractivity contribution < 1.29 is 13.2 Å². The molecule has 124 valence electrons. The smallest absolute Gasteiger partial charge is 0.225 e. The van der Waals surface area contributed by atoms with E-state index in [1.807, 2.05) is 24.3 Å². The van der Waals surface area contributed by atoms with Gasteiger partial charge >= 0.3 is 0 Å². The summed E-state index contributed by atoms with van der Waals surface area (Å²) in [5, 5.41) is 2.86.